The Morgan fingerprint density at radius 1 is 0.420 bits per heavy atom. The molecule has 0 aliphatic carbocycles. The van der Waals surface area contributed by atoms with E-state index in [2.05, 4.69) is 19.2 Å². The molecule has 0 saturated carbocycles. The van der Waals surface area contributed by atoms with Gasteiger partial charge >= 0.3 is 0 Å². The van der Waals surface area contributed by atoms with Gasteiger partial charge in [0.2, 0.25) is 5.91 Å². The lowest BCUT2D eigenvalue weighted by atomic mass is 10.0. The number of hydrogen-bond acceptors (Lipinski definition) is 4. The summed E-state index contributed by atoms with van der Waals surface area (Å²) in [6, 6.07) is -0.652. The molecule has 0 aliphatic rings. The summed E-state index contributed by atoms with van der Waals surface area (Å²) < 4.78 is 0. The first kappa shape index (κ1) is 49.4. The summed E-state index contributed by atoms with van der Waals surface area (Å²) in [5, 5.41) is 33.4. The summed E-state index contributed by atoms with van der Waals surface area (Å²) >= 11 is 0. The zero-order valence-electron chi connectivity index (χ0n) is 34.1. The average Bonchev–Trinajstić information content (AvgIpc) is 3.11. The number of carbonyl (C=O) groups is 1. The topological polar surface area (TPSA) is 89.8 Å². The fraction of sp³-hybridized carbons (Fsp3) is 0.978. The van der Waals surface area contributed by atoms with Gasteiger partial charge in [-0.05, 0) is 12.8 Å². The monoisotopic (exact) mass is 710 g/mol. The maximum atomic E-state index is 12.4. The van der Waals surface area contributed by atoms with Gasteiger partial charge in [0.05, 0.1) is 31.3 Å². The second kappa shape index (κ2) is 41.1. The minimum absolute atomic E-state index is 0.0425. The van der Waals surface area contributed by atoms with Crippen molar-refractivity contribution in [1.29, 1.82) is 0 Å². The van der Waals surface area contributed by atoms with Gasteiger partial charge in [-0.15, -0.1) is 0 Å². The third-order valence-corrected chi connectivity index (χ3v) is 10.9. The molecule has 0 heterocycles. The molecule has 0 bridgehead atoms. The molecule has 0 rings (SSSR count). The summed E-state index contributed by atoms with van der Waals surface area (Å²) in [4.78, 5) is 12.4. The first-order chi connectivity index (χ1) is 24.5. The SMILES string of the molecule is CCCCCCCCCCCCCCCCCCCCCCCCC(O)C(CO)NC(=O)CC(O)CCCCCCCCCCCCCCC. The summed E-state index contributed by atoms with van der Waals surface area (Å²) in [5.74, 6) is -0.278. The third-order valence-electron chi connectivity index (χ3n) is 10.9. The lowest BCUT2D eigenvalue weighted by Gasteiger charge is -2.23. The molecule has 0 aliphatic heterocycles. The van der Waals surface area contributed by atoms with Crippen LogP contribution in [0.5, 0.6) is 0 Å². The highest BCUT2D eigenvalue weighted by atomic mass is 16.3. The van der Waals surface area contributed by atoms with Crippen molar-refractivity contribution in [2.45, 2.75) is 276 Å². The molecular weight excluding hydrogens is 618 g/mol. The quantitative estimate of drug-likeness (QED) is 0.0475. The zero-order chi connectivity index (χ0) is 36.6. The Labute approximate surface area is 313 Å². The van der Waals surface area contributed by atoms with Gasteiger partial charge < -0.3 is 20.6 Å². The number of carbonyl (C=O) groups excluding carboxylic acids is 1. The van der Waals surface area contributed by atoms with Crippen LogP contribution in [0, 0.1) is 0 Å². The van der Waals surface area contributed by atoms with Crippen molar-refractivity contribution in [3.8, 4) is 0 Å². The first-order valence-electron chi connectivity index (χ1n) is 22.8. The van der Waals surface area contributed by atoms with Crippen LogP contribution >= 0.6 is 0 Å². The van der Waals surface area contributed by atoms with E-state index in [-0.39, 0.29) is 18.9 Å². The lowest BCUT2D eigenvalue weighted by molar-refractivity contribution is -0.125. The van der Waals surface area contributed by atoms with Crippen molar-refractivity contribution in [2.24, 2.45) is 0 Å². The maximum absolute atomic E-state index is 12.4. The van der Waals surface area contributed by atoms with E-state index in [1.165, 1.54) is 199 Å². The predicted molar refractivity (Wildman–Crippen MR) is 218 cm³/mol. The molecule has 0 fully saturated rings. The molecule has 0 aromatic carbocycles. The maximum Gasteiger partial charge on any atom is 0.222 e. The molecule has 4 N–H and O–H groups in total. The predicted octanol–water partition coefficient (Wildman–Crippen LogP) is 13.0. The number of nitrogens with one attached hydrogen (secondary N) is 1. The summed E-state index contributed by atoms with van der Waals surface area (Å²) in [6.45, 7) is 4.28. The molecule has 3 atom stereocenters. The van der Waals surface area contributed by atoms with Gasteiger partial charge in [-0.3, -0.25) is 4.79 Å². The fourth-order valence-corrected chi connectivity index (χ4v) is 7.41. The highest BCUT2D eigenvalue weighted by Gasteiger charge is 2.21. The van der Waals surface area contributed by atoms with Gasteiger partial charge in [0.25, 0.3) is 0 Å². The van der Waals surface area contributed by atoms with Crippen molar-refractivity contribution in [3.05, 3.63) is 0 Å². The van der Waals surface area contributed by atoms with Crippen molar-refractivity contribution in [3.63, 3.8) is 0 Å². The van der Waals surface area contributed by atoms with E-state index >= 15 is 0 Å². The van der Waals surface area contributed by atoms with Crippen LogP contribution in [0.3, 0.4) is 0 Å². The molecular formula is C45H91NO4. The number of aliphatic hydroxyl groups excluding tert-OH is 3. The third kappa shape index (κ3) is 37.1. The summed E-state index contributed by atoms with van der Waals surface area (Å²) in [6.07, 6.45) is 46.5. The number of amides is 1. The highest BCUT2D eigenvalue weighted by Crippen LogP contribution is 2.17. The van der Waals surface area contributed by atoms with E-state index in [0.29, 0.717) is 12.8 Å². The Morgan fingerprint density at radius 2 is 0.680 bits per heavy atom. The molecule has 0 aromatic rings. The van der Waals surface area contributed by atoms with Crippen LogP contribution in [0.2, 0.25) is 0 Å². The van der Waals surface area contributed by atoms with Gasteiger partial charge in [-0.25, -0.2) is 0 Å². The van der Waals surface area contributed by atoms with E-state index in [1.54, 1.807) is 0 Å². The highest BCUT2D eigenvalue weighted by molar-refractivity contribution is 5.76. The second-order valence-corrected chi connectivity index (χ2v) is 16.0. The van der Waals surface area contributed by atoms with Gasteiger partial charge in [-0.1, -0.05) is 239 Å². The smallest absolute Gasteiger partial charge is 0.222 e. The Bertz CT molecular complexity index is 659. The van der Waals surface area contributed by atoms with Gasteiger partial charge in [0, 0.05) is 0 Å². The Kier molecular flexibility index (Phi) is 40.6. The van der Waals surface area contributed by atoms with E-state index in [1.807, 2.05) is 0 Å². The Hall–Kier alpha value is -0.650. The standard InChI is InChI=1S/C45H91NO4/c1-3-5-7-9-11-13-15-17-18-19-20-21-22-23-24-25-27-29-31-33-35-37-39-44(49)43(41-47)46-45(50)40-42(48)38-36-34-32-30-28-26-16-14-12-10-8-6-4-2/h42-44,47-49H,3-41H2,1-2H3,(H,46,50). The van der Waals surface area contributed by atoms with E-state index in [4.69, 9.17) is 0 Å². The van der Waals surface area contributed by atoms with Crippen molar-refractivity contribution in [2.75, 3.05) is 6.61 Å². The van der Waals surface area contributed by atoms with Crippen molar-refractivity contribution >= 4 is 5.91 Å². The number of rotatable bonds is 42. The average molecular weight is 710 g/mol. The largest absolute Gasteiger partial charge is 0.394 e. The van der Waals surface area contributed by atoms with E-state index < -0.39 is 18.2 Å². The summed E-state index contributed by atoms with van der Waals surface area (Å²) in [5.41, 5.74) is 0. The Balaban J connectivity index is 3.54. The number of unbranched alkanes of at least 4 members (excludes halogenated alkanes) is 33. The number of hydrogen-bond donors (Lipinski definition) is 4. The zero-order valence-corrected chi connectivity index (χ0v) is 34.1. The molecule has 0 aromatic heterocycles. The molecule has 5 nitrogen and oxygen atoms in total. The first-order valence-corrected chi connectivity index (χ1v) is 22.8. The lowest BCUT2D eigenvalue weighted by Crippen LogP contribution is -2.46. The second-order valence-electron chi connectivity index (χ2n) is 16.0. The van der Waals surface area contributed by atoms with E-state index in [9.17, 15) is 20.1 Å². The van der Waals surface area contributed by atoms with E-state index in [0.717, 1.165) is 25.7 Å². The van der Waals surface area contributed by atoms with Crippen LogP contribution in [-0.4, -0.2) is 46.1 Å². The minimum atomic E-state index is -0.743. The normalized spacial score (nSPS) is 13.5. The molecule has 0 spiro atoms. The van der Waals surface area contributed by atoms with Crippen LogP contribution in [0.1, 0.15) is 258 Å². The Morgan fingerprint density at radius 3 is 0.960 bits per heavy atom. The van der Waals surface area contributed by atoms with Crippen LogP contribution in [0.15, 0.2) is 0 Å². The van der Waals surface area contributed by atoms with Crippen LogP contribution in [0.25, 0.3) is 0 Å². The molecule has 0 saturated heterocycles. The molecule has 300 valence electrons. The molecule has 5 heteroatoms. The van der Waals surface area contributed by atoms with Crippen LogP contribution in [0.4, 0.5) is 0 Å². The fourth-order valence-electron chi connectivity index (χ4n) is 7.41. The molecule has 1 amide bonds. The van der Waals surface area contributed by atoms with Crippen molar-refractivity contribution < 1.29 is 20.1 Å². The van der Waals surface area contributed by atoms with Gasteiger partial charge in [0.1, 0.15) is 0 Å². The molecule has 0 radical (unpaired) electrons. The molecule has 50 heavy (non-hydrogen) atoms. The number of aliphatic hydroxyl groups is 3. The van der Waals surface area contributed by atoms with Gasteiger partial charge in [0.15, 0.2) is 0 Å². The van der Waals surface area contributed by atoms with Crippen molar-refractivity contribution in [1.82, 2.24) is 5.32 Å². The summed E-state index contributed by atoms with van der Waals surface area (Å²) in [7, 11) is 0. The van der Waals surface area contributed by atoms with Crippen LogP contribution in [-0.2, 0) is 4.79 Å². The molecule has 3 unspecified atom stereocenters. The van der Waals surface area contributed by atoms with Gasteiger partial charge in [-0.2, -0.15) is 0 Å². The minimum Gasteiger partial charge on any atom is -0.394 e. The van der Waals surface area contributed by atoms with Crippen LogP contribution < -0.4 is 5.32 Å².